The van der Waals surface area contributed by atoms with Gasteiger partial charge in [-0.05, 0) is 35.1 Å². The van der Waals surface area contributed by atoms with Gasteiger partial charge in [-0.15, -0.1) is 0 Å². The van der Waals surface area contributed by atoms with Gasteiger partial charge in [-0.1, -0.05) is 48.5 Å². The standard InChI is InChI=1S/C24H23NO6/c1-30-21(28)24-11-23(12-24,20(26)27)13-25(14-24)22(29)31-10-19-17-8-4-2-6-15(17)16-7-3-5-9-18(16)19/h2-9,19H,10-14H2,1H3,(H,26,27). The summed E-state index contributed by atoms with van der Waals surface area (Å²) in [6.07, 6.45) is -0.218. The van der Waals surface area contributed by atoms with Crippen molar-refractivity contribution >= 4 is 18.0 Å². The minimum atomic E-state index is -1.11. The number of hydrogen-bond donors (Lipinski definition) is 1. The lowest BCUT2D eigenvalue weighted by atomic mass is 9.49. The second kappa shape index (κ2) is 6.83. The molecule has 2 aliphatic carbocycles. The van der Waals surface area contributed by atoms with Gasteiger partial charge >= 0.3 is 18.0 Å². The number of methoxy groups -OCH3 is 1. The van der Waals surface area contributed by atoms with E-state index in [1.165, 1.54) is 12.0 Å². The van der Waals surface area contributed by atoms with Crippen LogP contribution in [0.3, 0.4) is 0 Å². The molecule has 31 heavy (non-hydrogen) atoms. The minimum Gasteiger partial charge on any atom is -0.481 e. The Labute approximate surface area is 179 Å². The van der Waals surface area contributed by atoms with Crippen molar-refractivity contribution < 1.29 is 29.0 Å². The minimum absolute atomic E-state index is 0.0394. The number of carboxylic acids is 1. The number of benzene rings is 2. The monoisotopic (exact) mass is 421 g/mol. The third-order valence-electron chi connectivity index (χ3n) is 7.01. The molecule has 6 rings (SSSR count). The molecule has 2 saturated heterocycles. The van der Waals surface area contributed by atoms with Gasteiger partial charge in [-0.3, -0.25) is 9.59 Å². The number of aliphatic carboxylic acids is 1. The Morgan fingerprint density at radius 2 is 1.52 bits per heavy atom. The highest BCUT2D eigenvalue weighted by Gasteiger charge is 2.68. The van der Waals surface area contributed by atoms with Crippen LogP contribution in [0.4, 0.5) is 4.79 Å². The third-order valence-corrected chi connectivity index (χ3v) is 7.01. The van der Waals surface area contributed by atoms with Crippen LogP contribution in [0.1, 0.15) is 29.9 Å². The molecule has 3 fully saturated rings. The Morgan fingerprint density at radius 3 is 2.06 bits per heavy atom. The summed E-state index contributed by atoms with van der Waals surface area (Å²) < 4.78 is 10.6. The fourth-order valence-electron chi connectivity index (χ4n) is 5.71. The number of fused-ring (bicyclic) bond motifs is 5. The van der Waals surface area contributed by atoms with Gasteiger partial charge in [0.25, 0.3) is 0 Å². The van der Waals surface area contributed by atoms with E-state index in [0.717, 1.165) is 22.3 Å². The van der Waals surface area contributed by atoms with Gasteiger partial charge in [-0.25, -0.2) is 4.79 Å². The Morgan fingerprint density at radius 1 is 0.968 bits per heavy atom. The van der Waals surface area contributed by atoms with E-state index >= 15 is 0 Å². The van der Waals surface area contributed by atoms with E-state index in [4.69, 9.17) is 9.47 Å². The zero-order chi connectivity index (χ0) is 21.8. The molecule has 1 N–H and O–H groups in total. The van der Waals surface area contributed by atoms with Crippen molar-refractivity contribution in [3.63, 3.8) is 0 Å². The molecule has 0 unspecified atom stereocenters. The van der Waals surface area contributed by atoms with Gasteiger partial charge in [0.2, 0.25) is 0 Å². The van der Waals surface area contributed by atoms with Crippen LogP contribution in [0.2, 0.25) is 0 Å². The topological polar surface area (TPSA) is 93.1 Å². The van der Waals surface area contributed by atoms with Crippen molar-refractivity contribution in [1.82, 2.24) is 4.90 Å². The second-order valence-electron chi connectivity index (χ2n) is 8.87. The first-order chi connectivity index (χ1) is 14.9. The summed E-state index contributed by atoms with van der Waals surface area (Å²) in [6.45, 7) is 0.303. The number of ether oxygens (including phenoxy) is 2. The van der Waals surface area contributed by atoms with Gasteiger partial charge in [0.15, 0.2) is 0 Å². The van der Waals surface area contributed by atoms with Gasteiger partial charge in [0.05, 0.1) is 17.9 Å². The van der Waals surface area contributed by atoms with Gasteiger partial charge in [0, 0.05) is 19.0 Å². The van der Waals surface area contributed by atoms with Crippen molar-refractivity contribution in [2.75, 3.05) is 26.8 Å². The summed E-state index contributed by atoms with van der Waals surface area (Å²) in [4.78, 5) is 38.4. The molecule has 0 spiro atoms. The maximum atomic E-state index is 12.9. The maximum absolute atomic E-state index is 12.9. The van der Waals surface area contributed by atoms with Gasteiger partial charge < -0.3 is 19.5 Å². The van der Waals surface area contributed by atoms with E-state index in [9.17, 15) is 19.5 Å². The molecular formula is C24H23NO6. The van der Waals surface area contributed by atoms with Crippen molar-refractivity contribution in [1.29, 1.82) is 0 Å². The number of piperidine rings is 2. The Kier molecular flexibility index (Phi) is 4.32. The second-order valence-corrected chi connectivity index (χ2v) is 8.87. The number of carbonyl (C=O) groups excluding carboxylic acids is 2. The highest BCUT2D eigenvalue weighted by molar-refractivity contribution is 5.87. The van der Waals surface area contributed by atoms with Crippen LogP contribution >= 0.6 is 0 Å². The van der Waals surface area contributed by atoms with E-state index in [-0.39, 0.29) is 38.5 Å². The van der Waals surface area contributed by atoms with Crippen LogP contribution in [0, 0.1) is 10.8 Å². The van der Waals surface area contributed by atoms with Gasteiger partial charge in [0.1, 0.15) is 6.61 Å². The number of nitrogens with zero attached hydrogens (tertiary/aromatic N) is 1. The average Bonchev–Trinajstić information content (AvgIpc) is 3.09. The van der Waals surface area contributed by atoms with Crippen molar-refractivity contribution in [2.24, 2.45) is 10.8 Å². The van der Waals surface area contributed by atoms with Crippen LogP contribution in [0.25, 0.3) is 11.1 Å². The maximum Gasteiger partial charge on any atom is 0.409 e. The van der Waals surface area contributed by atoms with E-state index in [0.29, 0.717) is 0 Å². The van der Waals surface area contributed by atoms with E-state index in [1.54, 1.807) is 0 Å². The van der Waals surface area contributed by atoms with Crippen LogP contribution < -0.4 is 0 Å². The number of amides is 1. The molecule has 2 aromatic carbocycles. The molecule has 7 heteroatoms. The molecule has 2 aromatic rings. The fourth-order valence-corrected chi connectivity index (χ4v) is 5.71. The lowest BCUT2D eigenvalue weighted by Crippen LogP contribution is -2.69. The summed E-state index contributed by atoms with van der Waals surface area (Å²) in [6, 6.07) is 16.1. The third kappa shape index (κ3) is 2.83. The smallest absolute Gasteiger partial charge is 0.409 e. The number of carbonyl (C=O) groups is 3. The molecular weight excluding hydrogens is 398 g/mol. The molecule has 2 aliphatic heterocycles. The molecule has 0 atom stereocenters. The predicted octanol–water partition coefficient (Wildman–Crippen LogP) is 3.28. The first-order valence-corrected chi connectivity index (χ1v) is 10.3. The number of esters is 1. The van der Waals surface area contributed by atoms with Crippen LogP contribution in [-0.4, -0.2) is 54.8 Å². The molecule has 4 aliphatic rings. The molecule has 1 amide bonds. The summed E-state index contributed by atoms with van der Waals surface area (Å²) >= 11 is 0. The Bertz CT molecular complexity index is 1040. The molecule has 1 saturated carbocycles. The highest BCUT2D eigenvalue weighted by atomic mass is 16.6. The van der Waals surface area contributed by atoms with E-state index in [2.05, 4.69) is 12.1 Å². The van der Waals surface area contributed by atoms with Crippen molar-refractivity contribution in [2.45, 2.75) is 18.8 Å². The molecule has 2 heterocycles. The quantitative estimate of drug-likeness (QED) is 0.762. The summed E-state index contributed by atoms with van der Waals surface area (Å²) in [5.41, 5.74) is 2.40. The first kappa shape index (κ1) is 19.6. The summed E-state index contributed by atoms with van der Waals surface area (Å²) in [7, 11) is 1.28. The van der Waals surface area contributed by atoms with E-state index < -0.39 is 28.9 Å². The van der Waals surface area contributed by atoms with Crippen LogP contribution in [-0.2, 0) is 19.1 Å². The van der Waals surface area contributed by atoms with E-state index in [1.807, 2.05) is 36.4 Å². The fraction of sp³-hybridized carbons (Fsp3) is 0.375. The largest absolute Gasteiger partial charge is 0.481 e. The molecule has 0 aromatic heterocycles. The Hall–Kier alpha value is -3.35. The zero-order valence-electron chi connectivity index (χ0n) is 17.2. The van der Waals surface area contributed by atoms with Crippen molar-refractivity contribution in [3.8, 4) is 11.1 Å². The summed E-state index contributed by atoms with van der Waals surface area (Å²) in [5, 5.41) is 9.69. The number of carboxylic acid groups (broad SMARTS) is 1. The number of hydrogen-bond acceptors (Lipinski definition) is 5. The Balaban J connectivity index is 1.34. The van der Waals surface area contributed by atoms with Crippen LogP contribution in [0.15, 0.2) is 48.5 Å². The summed E-state index contributed by atoms with van der Waals surface area (Å²) in [5.74, 6) is -1.55. The molecule has 2 bridgehead atoms. The lowest BCUT2D eigenvalue weighted by molar-refractivity contribution is -0.198. The molecule has 7 nitrogen and oxygen atoms in total. The number of rotatable bonds is 4. The highest BCUT2D eigenvalue weighted by Crippen LogP contribution is 2.59. The normalized spacial score (nSPS) is 25.8. The first-order valence-electron chi connectivity index (χ1n) is 10.3. The molecule has 160 valence electrons. The average molecular weight is 421 g/mol. The predicted molar refractivity (Wildman–Crippen MR) is 110 cm³/mol. The zero-order valence-corrected chi connectivity index (χ0v) is 17.2. The van der Waals surface area contributed by atoms with Gasteiger partial charge in [-0.2, -0.15) is 0 Å². The molecule has 0 radical (unpaired) electrons. The van der Waals surface area contributed by atoms with Crippen molar-refractivity contribution in [3.05, 3.63) is 59.7 Å². The SMILES string of the molecule is COC(=O)C12CN(C(=O)OCC3c4ccccc4-c4ccccc43)CC(C(=O)O)(C1)C2. The lowest BCUT2D eigenvalue weighted by Gasteiger charge is -2.58. The van der Waals surface area contributed by atoms with Crippen LogP contribution in [0.5, 0.6) is 0 Å².